The van der Waals surface area contributed by atoms with Crippen molar-refractivity contribution in [2.45, 2.75) is 39.3 Å². The monoisotopic (exact) mass is 236 g/mol. The van der Waals surface area contributed by atoms with E-state index in [-0.39, 0.29) is 11.9 Å². The fourth-order valence-corrected chi connectivity index (χ4v) is 2.27. The van der Waals surface area contributed by atoms with Gasteiger partial charge in [-0.1, -0.05) is 0 Å². The van der Waals surface area contributed by atoms with Crippen molar-refractivity contribution in [3.8, 4) is 0 Å². The van der Waals surface area contributed by atoms with Crippen LogP contribution in [0.3, 0.4) is 0 Å². The van der Waals surface area contributed by atoms with Crippen LogP contribution in [0.15, 0.2) is 6.07 Å². The molecule has 2 heterocycles. The van der Waals surface area contributed by atoms with Gasteiger partial charge in [0.15, 0.2) is 0 Å². The lowest BCUT2D eigenvalue weighted by Crippen LogP contribution is -2.32. The van der Waals surface area contributed by atoms with Crippen molar-refractivity contribution < 1.29 is 4.79 Å². The van der Waals surface area contributed by atoms with Gasteiger partial charge < -0.3 is 10.6 Å². The molecule has 1 fully saturated rings. The highest BCUT2D eigenvalue weighted by molar-refractivity contribution is 5.76. The van der Waals surface area contributed by atoms with Crippen LogP contribution in [0, 0.1) is 13.8 Å². The number of hydrogen-bond donors (Lipinski definition) is 1. The smallest absolute Gasteiger partial charge is 0.224 e. The van der Waals surface area contributed by atoms with E-state index < -0.39 is 0 Å². The van der Waals surface area contributed by atoms with E-state index in [9.17, 15) is 4.79 Å². The summed E-state index contributed by atoms with van der Waals surface area (Å²) < 4.78 is 1.89. The van der Waals surface area contributed by atoms with Crippen LogP contribution in [0.25, 0.3) is 0 Å². The van der Waals surface area contributed by atoms with Gasteiger partial charge in [-0.15, -0.1) is 0 Å². The minimum Gasteiger partial charge on any atom is -0.341 e. The van der Waals surface area contributed by atoms with Gasteiger partial charge in [0, 0.05) is 37.8 Å². The van der Waals surface area contributed by atoms with Gasteiger partial charge in [-0.25, -0.2) is 0 Å². The zero-order chi connectivity index (χ0) is 12.4. The Labute approximate surface area is 102 Å². The van der Waals surface area contributed by atoms with Crippen molar-refractivity contribution in [2.75, 3.05) is 13.1 Å². The molecule has 5 heteroatoms. The van der Waals surface area contributed by atoms with Gasteiger partial charge in [-0.05, 0) is 26.3 Å². The highest BCUT2D eigenvalue weighted by Crippen LogP contribution is 2.10. The van der Waals surface area contributed by atoms with Gasteiger partial charge in [0.25, 0.3) is 0 Å². The van der Waals surface area contributed by atoms with Crippen molar-refractivity contribution in [1.82, 2.24) is 14.7 Å². The lowest BCUT2D eigenvalue weighted by molar-refractivity contribution is -0.130. The average molecular weight is 236 g/mol. The van der Waals surface area contributed by atoms with E-state index in [0.29, 0.717) is 19.5 Å². The maximum absolute atomic E-state index is 11.9. The molecule has 1 aliphatic heterocycles. The standard InChI is InChI=1S/C12H20N4O/c1-9-7-10(2)16(14-9)6-4-12(17)15-5-3-11(13)8-15/h7,11H,3-6,8,13H2,1-2H3. The molecular formula is C12H20N4O. The normalized spacial score (nSPS) is 19.9. The number of aromatic nitrogens is 2. The summed E-state index contributed by atoms with van der Waals surface area (Å²) in [6.07, 6.45) is 1.43. The molecule has 1 unspecified atom stereocenters. The molecule has 2 rings (SSSR count). The highest BCUT2D eigenvalue weighted by Gasteiger charge is 2.23. The Hall–Kier alpha value is -1.36. The molecule has 1 amide bonds. The number of nitrogens with two attached hydrogens (primary N) is 1. The molecule has 0 spiro atoms. The third-order valence-electron chi connectivity index (χ3n) is 3.22. The molecule has 0 radical (unpaired) electrons. The van der Waals surface area contributed by atoms with Gasteiger partial charge >= 0.3 is 0 Å². The average Bonchev–Trinajstić information content (AvgIpc) is 2.82. The number of hydrogen-bond acceptors (Lipinski definition) is 3. The fourth-order valence-electron chi connectivity index (χ4n) is 2.27. The molecule has 0 saturated carbocycles. The van der Waals surface area contributed by atoms with E-state index in [0.717, 1.165) is 24.4 Å². The van der Waals surface area contributed by atoms with Crippen molar-refractivity contribution in [3.63, 3.8) is 0 Å². The first-order chi connectivity index (χ1) is 8.06. The van der Waals surface area contributed by atoms with Crippen LogP contribution < -0.4 is 5.73 Å². The Kier molecular flexibility index (Phi) is 3.47. The number of aryl methyl sites for hydroxylation is 3. The van der Waals surface area contributed by atoms with Gasteiger partial charge in [0.1, 0.15) is 0 Å². The van der Waals surface area contributed by atoms with Crippen LogP contribution in [-0.2, 0) is 11.3 Å². The molecule has 94 valence electrons. The van der Waals surface area contributed by atoms with E-state index >= 15 is 0 Å². The fraction of sp³-hybridized carbons (Fsp3) is 0.667. The minimum absolute atomic E-state index is 0.160. The summed E-state index contributed by atoms with van der Waals surface area (Å²) in [4.78, 5) is 13.8. The SMILES string of the molecule is Cc1cc(C)n(CCC(=O)N2CCC(N)C2)n1. The number of carbonyl (C=O) groups is 1. The molecule has 0 bridgehead atoms. The zero-order valence-electron chi connectivity index (χ0n) is 10.5. The molecule has 5 nitrogen and oxygen atoms in total. The van der Waals surface area contributed by atoms with Crippen LogP contribution in [0.5, 0.6) is 0 Å². The molecule has 2 N–H and O–H groups in total. The van der Waals surface area contributed by atoms with Gasteiger partial charge in [-0.2, -0.15) is 5.10 Å². The van der Waals surface area contributed by atoms with E-state index in [1.54, 1.807) is 0 Å². The Bertz CT molecular complexity index is 413. The summed E-state index contributed by atoms with van der Waals surface area (Å²) in [5.41, 5.74) is 7.89. The predicted octanol–water partition coefficient (Wildman–Crippen LogP) is 0.450. The van der Waals surface area contributed by atoms with Crippen LogP contribution >= 0.6 is 0 Å². The molecule has 0 aromatic carbocycles. The quantitative estimate of drug-likeness (QED) is 0.828. The van der Waals surface area contributed by atoms with Crippen molar-refractivity contribution in [2.24, 2.45) is 5.73 Å². The van der Waals surface area contributed by atoms with E-state index in [1.165, 1.54) is 0 Å². The van der Waals surface area contributed by atoms with Crippen LogP contribution in [-0.4, -0.2) is 39.7 Å². The zero-order valence-corrected chi connectivity index (χ0v) is 10.5. The first kappa shape index (κ1) is 12.1. The summed E-state index contributed by atoms with van der Waals surface area (Å²) in [6, 6.07) is 2.18. The summed E-state index contributed by atoms with van der Waals surface area (Å²) in [5.74, 6) is 0.186. The summed E-state index contributed by atoms with van der Waals surface area (Å²) in [5, 5.41) is 4.34. The van der Waals surface area contributed by atoms with Crippen molar-refractivity contribution in [3.05, 3.63) is 17.5 Å². The molecule has 17 heavy (non-hydrogen) atoms. The van der Waals surface area contributed by atoms with E-state index in [1.807, 2.05) is 29.5 Å². The predicted molar refractivity (Wildman–Crippen MR) is 65.5 cm³/mol. The lowest BCUT2D eigenvalue weighted by atomic mass is 10.3. The van der Waals surface area contributed by atoms with E-state index in [2.05, 4.69) is 5.10 Å². The molecule has 1 aromatic heterocycles. The van der Waals surface area contributed by atoms with Crippen LogP contribution in [0.4, 0.5) is 0 Å². The topological polar surface area (TPSA) is 64.2 Å². The Morgan fingerprint density at radius 3 is 2.88 bits per heavy atom. The van der Waals surface area contributed by atoms with Gasteiger partial charge in [-0.3, -0.25) is 9.48 Å². The van der Waals surface area contributed by atoms with E-state index in [4.69, 9.17) is 5.73 Å². The maximum atomic E-state index is 11.9. The van der Waals surface area contributed by atoms with Crippen LogP contribution in [0.2, 0.25) is 0 Å². The number of rotatable bonds is 3. The Balaban J connectivity index is 1.86. The highest BCUT2D eigenvalue weighted by atomic mass is 16.2. The molecule has 1 atom stereocenters. The second kappa shape index (κ2) is 4.87. The molecule has 1 aromatic rings. The molecular weight excluding hydrogens is 216 g/mol. The second-order valence-electron chi connectivity index (χ2n) is 4.79. The summed E-state index contributed by atoms with van der Waals surface area (Å²) in [7, 11) is 0. The molecule has 0 aliphatic carbocycles. The largest absolute Gasteiger partial charge is 0.341 e. The van der Waals surface area contributed by atoms with Gasteiger partial charge in [0.05, 0.1) is 5.69 Å². The number of likely N-dealkylation sites (tertiary alicyclic amines) is 1. The third kappa shape index (κ3) is 2.85. The van der Waals surface area contributed by atoms with Crippen molar-refractivity contribution >= 4 is 5.91 Å². The Morgan fingerprint density at radius 2 is 2.35 bits per heavy atom. The van der Waals surface area contributed by atoms with Gasteiger partial charge in [0.2, 0.25) is 5.91 Å². The first-order valence-electron chi connectivity index (χ1n) is 6.10. The summed E-state index contributed by atoms with van der Waals surface area (Å²) >= 11 is 0. The number of amides is 1. The molecule has 1 aliphatic rings. The summed E-state index contributed by atoms with van der Waals surface area (Å²) in [6.45, 7) is 6.14. The maximum Gasteiger partial charge on any atom is 0.224 e. The lowest BCUT2D eigenvalue weighted by Gasteiger charge is -2.15. The number of carbonyl (C=O) groups excluding carboxylic acids is 1. The number of nitrogens with zero attached hydrogens (tertiary/aromatic N) is 3. The van der Waals surface area contributed by atoms with Crippen molar-refractivity contribution in [1.29, 1.82) is 0 Å². The molecule has 1 saturated heterocycles. The first-order valence-corrected chi connectivity index (χ1v) is 6.10. The van der Waals surface area contributed by atoms with Crippen LogP contribution in [0.1, 0.15) is 24.2 Å². The Morgan fingerprint density at radius 1 is 1.59 bits per heavy atom. The minimum atomic E-state index is 0.160. The third-order valence-corrected chi connectivity index (χ3v) is 3.22. The second-order valence-corrected chi connectivity index (χ2v) is 4.79.